The first kappa shape index (κ1) is 14.9. The number of aliphatic hydroxyl groups is 1. The Morgan fingerprint density at radius 2 is 2.11 bits per heavy atom. The van der Waals surface area contributed by atoms with Crippen molar-refractivity contribution in [2.75, 3.05) is 18.9 Å². The number of carboxylic acid groups (broad SMARTS) is 1. The Morgan fingerprint density at radius 3 is 2.74 bits per heavy atom. The Hall–Kier alpha value is -2.12. The molecule has 0 bridgehead atoms. The van der Waals surface area contributed by atoms with Gasteiger partial charge in [0.2, 0.25) is 0 Å². The molecule has 1 unspecified atom stereocenters. The normalized spacial score (nSPS) is 11.7. The highest BCUT2D eigenvalue weighted by Gasteiger charge is 2.13. The number of carbonyl (C=O) groups excluding carboxylic acids is 1. The van der Waals surface area contributed by atoms with Crippen LogP contribution in [0.1, 0.15) is 5.56 Å². The fourth-order valence-electron chi connectivity index (χ4n) is 1.42. The van der Waals surface area contributed by atoms with Crippen LogP contribution in [-0.4, -0.2) is 41.9 Å². The minimum absolute atomic E-state index is 0.350. The third-order valence-corrected chi connectivity index (χ3v) is 2.31. The molecule has 0 aliphatic heterocycles. The highest BCUT2D eigenvalue weighted by molar-refractivity contribution is 5.89. The fraction of sp³-hybridized carbons (Fsp3) is 0.333. The molecular formula is C12H17N3O4. The number of carboxylic acids is 1. The largest absolute Gasteiger partial charge is 0.479 e. The fourth-order valence-corrected chi connectivity index (χ4v) is 1.42. The van der Waals surface area contributed by atoms with Gasteiger partial charge in [0.1, 0.15) is 0 Å². The summed E-state index contributed by atoms with van der Waals surface area (Å²) in [6.07, 6.45) is -1.61. The van der Waals surface area contributed by atoms with Crippen molar-refractivity contribution in [1.29, 1.82) is 0 Å². The van der Waals surface area contributed by atoms with Gasteiger partial charge in [-0.05, 0) is 24.7 Å². The van der Waals surface area contributed by atoms with Gasteiger partial charge in [-0.2, -0.15) is 0 Å². The molecule has 0 aromatic heterocycles. The summed E-state index contributed by atoms with van der Waals surface area (Å²) in [5.41, 5.74) is 1.60. The van der Waals surface area contributed by atoms with Crippen molar-refractivity contribution in [3.8, 4) is 0 Å². The van der Waals surface area contributed by atoms with Gasteiger partial charge in [0.05, 0.1) is 6.54 Å². The molecule has 7 nitrogen and oxygen atoms in total. The van der Waals surface area contributed by atoms with E-state index in [1.54, 1.807) is 18.2 Å². The van der Waals surface area contributed by atoms with Crippen molar-refractivity contribution in [2.24, 2.45) is 0 Å². The van der Waals surface area contributed by atoms with Crippen LogP contribution in [0, 0.1) is 0 Å². The zero-order chi connectivity index (χ0) is 14.3. The number of aliphatic carboxylic acids is 1. The van der Waals surface area contributed by atoms with Gasteiger partial charge in [-0.1, -0.05) is 12.1 Å². The highest BCUT2D eigenvalue weighted by Crippen LogP contribution is 2.10. The average molecular weight is 267 g/mol. The average Bonchev–Trinajstić information content (AvgIpc) is 2.36. The molecule has 0 heterocycles. The van der Waals surface area contributed by atoms with Crippen LogP contribution in [0.4, 0.5) is 10.5 Å². The van der Waals surface area contributed by atoms with Crippen molar-refractivity contribution >= 4 is 17.7 Å². The minimum atomic E-state index is -1.61. The van der Waals surface area contributed by atoms with E-state index in [2.05, 4.69) is 16.0 Å². The summed E-state index contributed by atoms with van der Waals surface area (Å²) in [6, 6.07) is 6.65. The molecule has 0 saturated heterocycles. The number of aliphatic hydroxyl groups excluding tert-OH is 1. The SMILES string of the molecule is CNCc1cccc(NC(=O)NCC(O)C(=O)O)c1. The van der Waals surface area contributed by atoms with E-state index >= 15 is 0 Å². The molecule has 19 heavy (non-hydrogen) atoms. The smallest absolute Gasteiger partial charge is 0.334 e. The molecule has 0 radical (unpaired) electrons. The molecule has 104 valence electrons. The number of carbonyl (C=O) groups is 2. The molecule has 1 rings (SSSR count). The quantitative estimate of drug-likeness (QED) is 0.497. The van der Waals surface area contributed by atoms with Crippen molar-refractivity contribution < 1.29 is 19.8 Å². The summed E-state index contributed by atoms with van der Waals surface area (Å²) in [6.45, 7) is 0.326. The zero-order valence-electron chi connectivity index (χ0n) is 10.5. The third kappa shape index (κ3) is 5.36. The lowest BCUT2D eigenvalue weighted by Crippen LogP contribution is -2.38. The lowest BCUT2D eigenvalue weighted by atomic mass is 10.2. The van der Waals surface area contributed by atoms with Crippen LogP contribution >= 0.6 is 0 Å². The lowest BCUT2D eigenvalue weighted by molar-refractivity contribution is -0.146. The molecule has 0 aliphatic rings. The van der Waals surface area contributed by atoms with Crippen molar-refractivity contribution in [1.82, 2.24) is 10.6 Å². The van der Waals surface area contributed by atoms with Crippen LogP contribution in [0.5, 0.6) is 0 Å². The van der Waals surface area contributed by atoms with Crippen LogP contribution in [-0.2, 0) is 11.3 Å². The number of anilines is 1. The van der Waals surface area contributed by atoms with Gasteiger partial charge in [0.25, 0.3) is 0 Å². The summed E-state index contributed by atoms with van der Waals surface area (Å²) in [5, 5.41) is 25.3. The summed E-state index contributed by atoms with van der Waals surface area (Å²) in [7, 11) is 1.82. The zero-order valence-corrected chi connectivity index (χ0v) is 10.5. The van der Waals surface area contributed by atoms with E-state index in [1.165, 1.54) is 0 Å². The van der Waals surface area contributed by atoms with Crippen LogP contribution in [0.2, 0.25) is 0 Å². The number of rotatable bonds is 6. The van der Waals surface area contributed by atoms with Gasteiger partial charge in [0.15, 0.2) is 6.10 Å². The Balaban J connectivity index is 2.48. The van der Waals surface area contributed by atoms with E-state index in [-0.39, 0.29) is 6.54 Å². The number of hydrogen-bond donors (Lipinski definition) is 5. The van der Waals surface area contributed by atoms with Gasteiger partial charge in [0, 0.05) is 12.2 Å². The van der Waals surface area contributed by atoms with Gasteiger partial charge >= 0.3 is 12.0 Å². The monoisotopic (exact) mass is 267 g/mol. The summed E-state index contributed by atoms with van der Waals surface area (Å²) in [5.74, 6) is -1.38. The Kier molecular flexibility index (Phi) is 5.77. The maximum atomic E-state index is 11.5. The third-order valence-electron chi connectivity index (χ3n) is 2.31. The topological polar surface area (TPSA) is 111 Å². The van der Waals surface area contributed by atoms with Crippen molar-refractivity contribution in [3.63, 3.8) is 0 Å². The second-order valence-electron chi connectivity index (χ2n) is 3.92. The predicted molar refractivity (Wildman–Crippen MR) is 69.9 cm³/mol. The van der Waals surface area contributed by atoms with Gasteiger partial charge in [-0.3, -0.25) is 0 Å². The molecule has 1 atom stereocenters. The minimum Gasteiger partial charge on any atom is -0.479 e. The van der Waals surface area contributed by atoms with Gasteiger partial charge in [-0.25, -0.2) is 9.59 Å². The number of amides is 2. The Bertz CT molecular complexity index is 450. The van der Waals surface area contributed by atoms with Crippen molar-refractivity contribution in [2.45, 2.75) is 12.6 Å². The molecule has 2 amide bonds. The standard InChI is InChI=1S/C12H17N3O4/c1-13-6-8-3-2-4-9(5-8)15-12(19)14-7-10(16)11(17)18/h2-5,10,13,16H,6-7H2,1H3,(H,17,18)(H2,14,15,19). The number of urea groups is 1. The molecule has 0 spiro atoms. The van der Waals surface area contributed by atoms with E-state index < -0.39 is 18.1 Å². The summed E-state index contributed by atoms with van der Waals surface area (Å²) < 4.78 is 0. The molecule has 0 saturated carbocycles. The predicted octanol–water partition coefficient (Wildman–Crippen LogP) is -0.0270. The van der Waals surface area contributed by atoms with E-state index in [9.17, 15) is 9.59 Å². The van der Waals surface area contributed by atoms with Crippen LogP contribution in [0.15, 0.2) is 24.3 Å². The molecule has 5 N–H and O–H groups in total. The second-order valence-corrected chi connectivity index (χ2v) is 3.92. The summed E-state index contributed by atoms with van der Waals surface area (Å²) >= 11 is 0. The van der Waals surface area contributed by atoms with Crippen LogP contribution < -0.4 is 16.0 Å². The molecular weight excluding hydrogens is 250 g/mol. The number of nitrogens with one attached hydrogen (secondary N) is 3. The molecule has 1 aromatic carbocycles. The van der Waals surface area contributed by atoms with Crippen LogP contribution in [0.3, 0.4) is 0 Å². The first-order valence-electron chi connectivity index (χ1n) is 5.72. The Morgan fingerprint density at radius 1 is 1.37 bits per heavy atom. The lowest BCUT2D eigenvalue weighted by Gasteiger charge is -2.10. The molecule has 0 aliphatic carbocycles. The number of hydrogen-bond acceptors (Lipinski definition) is 4. The maximum Gasteiger partial charge on any atom is 0.334 e. The maximum absolute atomic E-state index is 11.5. The van der Waals surface area contributed by atoms with Crippen LogP contribution in [0.25, 0.3) is 0 Å². The molecule has 1 aromatic rings. The van der Waals surface area contributed by atoms with E-state index in [0.717, 1.165) is 5.56 Å². The second kappa shape index (κ2) is 7.34. The number of benzene rings is 1. The molecule has 0 fully saturated rings. The highest BCUT2D eigenvalue weighted by atomic mass is 16.4. The summed E-state index contributed by atoms with van der Waals surface area (Å²) in [4.78, 5) is 21.8. The molecule has 7 heteroatoms. The van der Waals surface area contributed by atoms with Gasteiger partial charge in [-0.15, -0.1) is 0 Å². The van der Waals surface area contributed by atoms with Crippen molar-refractivity contribution in [3.05, 3.63) is 29.8 Å². The Labute approximate surface area is 110 Å². The van der Waals surface area contributed by atoms with E-state index in [0.29, 0.717) is 12.2 Å². The first-order chi connectivity index (χ1) is 9.02. The van der Waals surface area contributed by atoms with E-state index in [4.69, 9.17) is 10.2 Å². The van der Waals surface area contributed by atoms with E-state index in [1.807, 2.05) is 13.1 Å². The van der Waals surface area contributed by atoms with Gasteiger partial charge < -0.3 is 26.2 Å². The first-order valence-corrected chi connectivity index (χ1v) is 5.72.